The van der Waals surface area contributed by atoms with Crippen LogP contribution in [-0.4, -0.2) is 4.98 Å². The van der Waals surface area contributed by atoms with E-state index >= 15 is 0 Å². The second-order valence-electron chi connectivity index (χ2n) is 3.61. The molecular weight excluding hydrogens is 221 g/mol. The second kappa shape index (κ2) is 4.29. The van der Waals surface area contributed by atoms with E-state index in [1.165, 1.54) is 12.1 Å². The molecule has 1 aromatic carbocycles. The zero-order valence-corrected chi connectivity index (χ0v) is 9.27. The molecule has 88 valence electrons. The van der Waals surface area contributed by atoms with Crippen LogP contribution in [-0.2, 0) is 0 Å². The molecule has 0 amide bonds. The van der Waals surface area contributed by atoms with Crippen molar-refractivity contribution in [2.24, 2.45) is 0 Å². The lowest BCUT2D eigenvalue weighted by molar-refractivity contribution is 0.426. The predicted molar refractivity (Wildman–Crippen MR) is 64.3 cm³/mol. The Labute approximate surface area is 98.0 Å². The van der Waals surface area contributed by atoms with Crippen LogP contribution in [0.25, 0.3) is 0 Å². The molecular formula is C12H12FN3O. The van der Waals surface area contributed by atoms with Crippen molar-refractivity contribution in [3.63, 3.8) is 0 Å². The Bertz CT molecular complexity index is 557. The Morgan fingerprint density at radius 2 is 1.94 bits per heavy atom. The van der Waals surface area contributed by atoms with Gasteiger partial charge in [-0.15, -0.1) is 0 Å². The maximum Gasteiger partial charge on any atom is 0.221 e. The van der Waals surface area contributed by atoms with E-state index in [-0.39, 0.29) is 17.4 Å². The highest BCUT2D eigenvalue weighted by Crippen LogP contribution is 2.26. The number of anilines is 2. The smallest absolute Gasteiger partial charge is 0.221 e. The molecule has 2 rings (SSSR count). The minimum absolute atomic E-state index is 0.113. The van der Waals surface area contributed by atoms with Gasteiger partial charge in [-0.2, -0.15) is 4.98 Å². The SMILES string of the molecule is Cc1cccc(Oc2ccc(N)c(N)n2)c1F. The number of nitrogens with zero attached hydrogens (tertiary/aromatic N) is 1. The first-order valence-electron chi connectivity index (χ1n) is 5.03. The van der Waals surface area contributed by atoms with Crippen LogP contribution in [0.1, 0.15) is 5.56 Å². The van der Waals surface area contributed by atoms with Gasteiger partial charge in [0.1, 0.15) is 0 Å². The third-order valence-electron chi connectivity index (χ3n) is 2.30. The monoisotopic (exact) mass is 233 g/mol. The summed E-state index contributed by atoms with van der Waals surface area (Å²) in [6, 6.07) is 7.98. The molecule has 0 saturated carbocycles. The number of rotatable bonds is 2. The first-order chi connectivity index (χ1) is 8.08. The van der Waals surface area contributed by atoms with Crippen LogP contribution in [0.15, 0.2) is 30.3 Å². The maximum atomic E-state index is 13.7. The molecule has 0 spiro atoms. The number of nitrogen functional groups attached to an aromatic ring is 2. The number of ether oxygens (including phenoxy) is 1. The van der Waals surface area contributed by atoms with Gasteiger partial charge in [-0.1, -0.05) is 12.1 Å². The predicted octanol–water partition coefficient (Wildman–Crippen LogP) is 2.49. The third kappa shape index (κ3) is 2.28. The van der Waals surface area contributed by atoms with Gasteiger partial charge in [-0.05, 0) is 24.6 Å². The molecule has 5 heteroatoms. The van der Waals surface area contributed by atoms with Crippen molar-refractivity contribution in [3.8, 4) is 11.6 Å². The lowest BCUT2D eigenvalue weighted by atomic mass is 10.2. The van der Waals surface area contributed by atoms with Crippen molar-refractivity contribution >= 4 is 11.5 Å². The molecule has 4 nitrogen and oxygen atoms in total. The molecule has 0 aliphatic heterocycles. The minimum Gasteiger partial charge on any atom is -0.436 e. The van der Waals surface area contributed by atoms with Gasteiger partial charge in [0.15, 0.2) is 17.4 Å². The van der Waals surface area contributed by atoms with E-state index in [1.807, 2.05) is 0 Å². The summed E-state index contributed by atoms with van der Waals surface area (Å²) in [5.74, 6) is 0.0723. The number of halogens is 1. The number of pyridine rings is 1. The number of nitrogens with two attached hydrogens (primary N) is 2. The lowest BCUT2D eigenvalue weighted by Crippen LogP contribution is -1.99. The largest absolute Gasteiger partial charge is 0.436 e. The molecule has 0 atom stereocenters. The van der Waals surface area contributed by atoms with E-state index in [0.717, 1.165) is 0 Å². The van der Waals surface area contributed by atoms with E-state index in [0.29, 0.717) is 11.3 Å². The highest BCUT2D eigenvalue weighted by Gasteiger charge is 2.08. The standard InChI is InChI=1S/C12H12FN3O/c1-7-3-2-4-9(11(7)13)17-10-6-5-8(14)12(15)16-10/h2-6H,14H2,1H3,(H2,15,16). The summed E-state index contributed by atoms with van der Waals surface area (Å²) in [6.07, 6.45) is 0. The van der Waals surface area contributed by atoms with Crippen LogP contribution >= 0.6 is 0 Å². The van der Waals surface area contributed by atoms with Crippen LogP contribution in [0, 0.1) is 12.7 Å². The molecule has 17 heavy (non-hydrogen) atoms. The average Bonchev–Trinajstić information content (AvgIpc) is 2.30. The fraction of sp³-hybridized carbons (Fsp3) is 0.0833. The number of hydrogen-bond donors (Lipinski definition) is 2. The van der Waals surface area contributed by atoms with E-state index in [4.69, 9.17) is 16.2 Å². The topological polar surface area (TPSA) is 74.2 Å². The van der Waals surface area contributed by atoms with Gasteiger partial charge in [0.25, 0.3) is 0 Å². The molecule has 0 fully saturated rings. The van der Waals surface area contributed by atoms with Crippen molar-refractivity contribution in [2.45, 2.75) is 6.92 Å². The zero-order valence-electron chi connectivity index (χ0n) is 9.27. The summed E-state index contributed by atoms with van der Waals surface area (Å²) in [5, 5.41) is 0. The molecule has 1 heterocycles. The first kappa shape index (κ1) is 11.2. The highest BCUT2D eigenvalue weighted by atomic mass is 19.1. The summed E-state index contributed by atoms with van der Waals surface area (Å²) < 4.78 is 19.0. The molecule has 0 aliphatic carbocycles. The Kier molecular flexibility index (Phi) is 2.82. The van der Waals surface area contributed by atoms with Gasteiger partial charge in [-0.3, -0.25) is 0 Å². The fourth-order valence-corrected chi connectivity index (χ4v) is 1.34. The van der Waals surface area contributed by atoms with Gasteiger partial charge in [0.05, 0.1) is 5.69 Å². The Morgan fingerprint density at radius 3 is 2.65 bits per heavy atom. The van der Waals surface area contributed by atoms with Crippen LogP contribution in [0.4, 0.5) is 15.9 Å². The van der Waals surface area contributed by atoms with E-state index in [2.05, 4.69) is 4.98 Å². The number of hydrogen-bond acceptors (Lipinski definition) is 4. The van der Waals surface area contributed by atoms with Crippen molar-refractivity contribution in [2.75, 3.05) is 11.5 Å². The van der Waals surface area contributed by atoms with Gasteiger partial charge < -0.3 is 16.2 Å². The van der Waals surface area contributed by atoms with Crippen molar-refractivity contribution in [1.82, 2.24) is 4.98 Å². The summed E-state index contributed by atoms with van der Waals surface area (Å²) in [7, 11) is 0. The van der Waals surface area contributed by atoms with Gasteiger partial charge in [-0.25, -0.2) is 4.39 Å². The normalized spacial score (nSPS) is 10.2. The Balaban J connectivity index is 2.31. The molecule has 0 aliphatic rings. The quantitative estimate of drug-likeness (QED) is 0.835. The number of aryl methyl sites for hydroxylation is 1. The zero-order chi connectivity index (χ0) is 12.4. The Morgan fingerprint density at radius 1 is 1.18 bits per heavy atom. The summed E-state index contributed by atoms with van der Waals surface area (Å²) in [4.78, 5) is 3.90. The molecule has 4 N–H and O–H groups in total. The van der Waals surface area contributed by atoms with Gasteiger partial charge >= 0.3 is 0 Å². The van der Waals surface area contributed by atoms with Gasteiger partial charge in [0, 0.05) is 6.07 Å². The third-order valence-corrected chi connectivity index (χ3v) is 2.30. The van der Waals surface area contributed by atoms with Gasteiger partial charge in [0.2, 0.25) is 5.88 Å². The lowest BCUT2D eigenvalue weighted by Gasteiger charge is -2.08. The summed E-state index contributed by atoms with van der Waals surface area (Å²) in [5.41, 5.74) is 11.9. The molecule has 0 saturated heterocycles. The number of benzene rings is 1. The molecule has 0 bridgehead atoms. The minimum atomic E-state index is -0.412. The van der Waals surface area contributed by atoms with E-state index in [1.54, 1.807) is 25.1 Å². The summed E-state index contributed by atoms with van der Waals surface area (Å²) >= 11 is 0. The molecule has 0 unspecified atom stereocenters. The molecule has 2 aromatic rings. The second-order valence-corrected chi connectivity index (χ2v) is 3.61. The number of aromatic nitrogens is 1. The fourth-order valence-electron chi connectivity index (χ4n) is 1.34. The van der Waals surface area contributed by atoms with E-state index < -0.39 is 5.82 Å². The van der Waals surface area contributed by atoms with E-state index in [9.17, 15) is 4.39 Å². The van der Waals surface area contributed by atoms with Crippen molar-refractivity contribution < 1.29 is 9.13 Å². The van der Waals surface area contributed by atoms with Crippen molar-refractivity contribution in [1.29, 1.82) is 0 Å². The highest BCUT2D eigenvalue weighted by molar-refractivity contribution is 5.58. The Hall–Kier alpha value is -2.30. The van der Waals surface area contributed by atoms with Crippen LogP contribution < -0.4 is 16.2 Å². The maximum absolute atomic E-state index is 13.7. The van der Waals surface area contributed by atoms with Crippen LogP contribution in [0.2, 0.25) is 0 Å². The first-order valence-corrected chi connectivity index (χ1v) is 5.03. The van der Waals surface area contributed by atoms with Crippen molar-refractivity contribution in [3.05, 3.63) is 41.7 Å². The summed E-state index contributed by atoms with van der Waals surface area (Å²) in [6.45, 7) is 1.66. The van der Waals surface area contributed by atoms with Crippen LogP contribution in [0.3, 0.4) is 0 Å². The molecule has 1 aromatic heterocycles. The average molecular weight is 233 g/mol. The van der Waals surface area contributed by atoms with Crippen LogP contribution in [0.5, 0.6) is 11.6 Å². The molecule has 0 radical (unpaired) electrons.